The number of aromatic nitrogens is 4. The second-order valence-electron chi connectivity index (χ2n) is 3.84. The van der Waals surface area contributed by atoms with Crippen molar-refractivity contribution >= 4 is 0 Å². The predicted molar refractivity (Wildman–Crippen MR) is 63.3 cm³/mol. The van der Waals surface area contributed by atoms with Gasteiger partial charge in [0.15, 0.2) is 5.82 Å². The third-order valence-electron chi connectivity index (χ3n) is 2.56. The van der Waals surface area contributed by atoms with E-state index in [2.05, 4.69) is 39.8 Å². The quantitative estimate of drug-likeness (QED) is 0.756. The van der Waals surface area contributed by atoms with E-state index in [1.54, 1.807) is 11.8 Å². The number of methoxy groups -OCH3 is 1. The first-order valence-electron chi connectivity index (χ1n) is 5.68. The lowest BCUT2D eigenvalue weighted by Gasteiger charge is -2.04. The molecule has 0 radical (unpaired) electrons. The van der Waals surface area contributed by atoms with E-state index in [4.69, 9.17) is 4.74 Å². The zero-order chi connectivity index (χ0) is 11.9. The fourth-order valence-electron chi connectivity index (χ4n) is 1.71. The molecule has 1 heterocycles. The Morgan fingerprint density at radius 2 is 2.06 bits per heavy atom. The highest BCUT2D eigenvalue weighted by atomic mass is 16.5. The van der Waals surface area contributed by atoms with Crippen LogP contribution in [-0.4, -0.2) is 27.3 Å². The van der Waals surface area contributed by atoms with E-state index in [1.165, 1.54) is 5.56 Å². The molecule has 0 amide bonds. The van der Waals surface area contributed by atoms with Crippen LogP contribution in [0.2, 0.25) is 0 Å². The Morgan fingerprint density at radius 3 is 2.82 bits per heavy atom. The first-order chi connectivity index (χ1) is 8.40. The summed E-state index contributed by atoms with van der Waals surface area (Å²) in [5.41, 5.74) is 1.34. The Hall–Kier alpha value is -1.75. The molecule has 0 N–H and O–H groups in total. The monoisotopic (exact) mass is 232 g/mol. The number of nitrogens with zero attached hydrogens (tertiary/aromatic N) is 4. The minimum atomic E-state index is 0.457. The lowest BCUT2D eigenvalue weighted by atomic mass is 10.1. The van der Waals surface area contributed by atoms with Crippen LogP contribution in [0.3, 0.4) is 0 Å². The molecule has 0 atom stereocenters. The maximum Gasteiger partial charge on any atom is 0.177 e. The van der Waals surface area contributed by atoms with Gasteiger partial charge in [0.05, 0.1) is 0 Å². The van der Waals surface area contributed by atoms with Crippen molar-refractivity contribution in [1.29, 1.82) is 0 Å². The summed E-state index contributed by atoms with van der Waals surface area (Å²) in [7, 11) is 1.64. The van der Waals surface area contributed by atoms with E-state index in [0.717, 1.165) is 25.2 Å². The third kappa shape index (κ3) is 3.35. The van der Waals surface area contributed by atoms with Crippen LogP contribution in [0, 0.1) is 0 Å². The summed E-state index contributed by atoms with van der Waals surface area (Å²) in [5, 5.41) is 11.5. The average molecular weight is 232 g/mol. The molecule has 0 spiro atoms. The maximum absolute atomic E-state index is 5.03. The van der Waals surface area contributed by atoms with Gasteiger partial charge in [0.2, 0.25) is 0 Å². The van der Waals surface area contributed by atoms with Crippen molar-refractivity contribution in [2.75, 3.05) is 7.11 Å². The van der Waals surface area contributed by atoms with Crippen molar-refractivity contribution in [3.63, 3.8) is 0 Å². The van der Waals surface area contributed by atoms with Crippen LogP contribution in [0.15, 0.2) is 30.3 Å². The van der Waals surface area contributed by atoms with E-state index in [0.29, 0.717) is 6.61 Å². The largest absolute Gasteiger partial charge is 0.377 e. The van der Waals surface area contributed by atoms with E-state index < -0.39 is 0 Å². The van der Waals surface area contributed by atoms with E-state index in [9.17, 15) is 0 Å². The molecular weight excluding hydrogens is 216 g/mol. The minimum Gasteiger partial charge on any atom is -0.377 e. The van der Waals surface area contributed by atoms with E-state index in [-0.39, 0.29) is 0 Å². The molecule has 0 bridgehead atoms. The normalized spacial score (nSPS) is 10.6. The number of tetrazole rings is 1. The van der Waals surface area contributed by atoms with Gasteiger partial charge >= 0.3 is 0 Å². The molecule has 0 fully saturated rings. The molecule has 5 nitrogen and oxygen atoms in total. The molecule has 2 aromatic rings. The molecule has 17 heavy (non-hydrogen) atoms. The molecule has 5 heteroatoms. The van der Waals surface area contributed by atoms with Gasteiger partial charge in [0.1, 0.15) is 6.61 Å². The molecule has 1 aromatic heterocycles. The Kier molecular flexibility index (Phi) is 4.21. The third-order valence-corrected chi connectivity index (χ3v) is 2.56. The zero-order valence-corrected chi connectivity index (χ0v) is 9.91. The van der Waals surface area contributed by atoms with Gasteiger partial charge in [-0.1, -0.05) is 30.3 Å². The number of aryl methyl sites for hydroxylation is 2. The highest BCUT2D eigenvalue weighted by Gasteiger charge is 2.04. The lowest BCUT2D eigenvalue weighted by Crippen LogP contribution is -2.07. The molecule has 0 saturated heterocycles. The molecule has 1 aromatic carbocycles. The number of rotatable bonds is 6. The number of benzene rings is 1. The van der Waals surface area contributed by atoms with Gasteiger partial charge in [-0.15, -0.1) is 5.10 Å². The highest BCUT2D eigenvalue weighted by molar-refractivity contribution is 5.14. The second kappa shape index (κ2) is 6.10. The van der Waals surface area contributed by atoms with Crippen molar-refractivity contribution in [1.82, 2.24) is 20.2 Å². The summed E-state index contributed by atoms with van der Waals surface area (Å²) in [4.78, 5) is 0. The Morgan fingerprint density at radius 1 is 1.24 bits per heavy atom. The van der Waals surface area contributed by atoms with Crippen LogP contribution in [0.25, 0.3) is 0 Å². The summed E-state index contributed by atoms with van der Waals surface area (Å²) >= 11 is 0. The van der Waals surface area contributed by atoms with Gasteiger partial charge < -0.3 is 4.74 Å². The van der Waals surface area contributed by atoms with Gasteiger partial charge in [-0.2, -0.15) is 0 Å². The van der Waals surface area contributed by atoms with Crippen molar-refractivity contribution in [3.8, 4) is 0 Å². The molecule has 2 rings (SSSR count). The number of ether oxygens (including phenoxy) is 1. The fraction of sp³-hybridized carbons (Fsp3) is 0.417. The Bertz CT molecular complexity index is 441. The van der Waals surface area contributed by atoms with Crippen molar-refractivity contribution in [2.24, 2.45) is 0 Å². The SMILES string of the molecule is COCc1nnnn1CCCc1ccccc1. The number of hydrogen-bond donors (Lipinski definition) is 0. The Balaban J connectivity index is 1.84. The fourth-order valence-corrected chi connectivity index (χ4v) is 1.71. The molecule has 0 saturated carbocycles. The zero-order valence-electron chi connectivity index (χ0n) is 9.91. The molecule has 0 aliphatic carbocycles. The van der Waals surface area contributed by atoms with Crippen LogP contribution >= 0.6 is 0 Å². The number of hydrogen-bond acceptors (Lipinski definition) is 4. The van der Waals surface area contributed by atoms with Gasteiger partial charge in [0, 0.05) is 13.7 Å². The molecule has 0 aliphatic heterocycles. The first kappa shape index (κ1) is 11.7. The molecular formula is C12H16N4O. The van der Waals surface area contributed by atoms with Crippen LogP contribution in [0.5, 0.6) is 0 Å². The Labute approximate surface area is 100 Å². The lowest BCUT2D eigenvalue weighted by molar-refractivity contribution is 0.172. The van der Waals surface area contributed by atoms with Crippen molar-refractivity contribution in [3.05, 3.63) is 41.7 Å². The van der Waals surface area contributed by atoms with Gasteiger partial charge in [0.25, 0.3) is 0 Å². The van der Waals surface area contributed by atoms with Crippen molar-refractivity contribution < 1.29 is 4.74 Å². The summed E-state index contributed by atoms with van der Waals surface area (Å²) in [6, 6.07) is 10.4. The standard InChI is InChI=1S/C12H16N4O/c1-17-10-12-13-14-15-16(12)9-5-8-11-6-3-2-4-7-11/h2-4,6-7H,5,8-10H2,1H3. The second-order valence-corrected chi connectivity index (χ2v) is 3.84. The van der Waals surface area contributed by atoms with Crippen LogP contribution in [0.1, 0.15) is 17.8 Å². The van der Waals surface area contributed by atoms with Gasteiger partial charge in [-0.3, -0.25) is 0 Å². The highest BCUT2D eigenvalue weighted by Crippen LogP contribution is 2.04. The van der Waals surface area contributed by atoms with Crippen LogP contribution in [-0.2, 0) is 24.3 Å². The maximum atomic E-state index is 5.03. The molecule has 0 unspecified atom stereocenters. The smallest absolute Gasteiger partial charge is 0.177 e. The van der Waals surface area contributed by atoms with Crippen LogP contribution in [0.4, 0.5) is 0 Å². The summed E-state index contributed by atoms with van der Waals surface area (Å²) in [6.07, 6.45) is 2.05. The van der Waals surface area contributed by atoms with Gasteiger partial charge in [-0.25, -0.2) is 4.68 Å². The predicted octanol–water partition coefficient (Wildman–Crippen LogP) is 1.45. The summed E-state index contributed by atoms with van der Waals surface area (Å²) < 4.78 is 6.83. The van der Waals surface area contributed by atoms with E-state index in [1.807, 2.05) is 6.07 Å². The van der Waals surface area contributed by atoms with Crippen LogP contribution < -0.4 is 0 Å². The summed E-state index contributed by atoms with van der Waals surface area (Å²) in [5.74, 6) is 0.778. The topological polar surface area (TPSA) is 52.8 Å². The van der Waals surface area contributed by atoms with Crippen molar-refractivity contribution in [2.45, 2.75) is 26.0 Å². The average Bonchev–Trinajstić information content (AvgIpc) is 2.79. The first-order valence-corrected chi connectivity index (χ1v) is 5.68. The molecule has 90 valence electrons. The van der Waals surface area contributed by atoms with Gasteiger partial charge in [-0.05, 0) is 28.8 Å². The molecule has 0 aliphatic rings. The minimum absolute atomic E-state index is 0.457. The summed E-state index contributed by atoms with van der Waals surface area (Å²) in [6.45, 7) is 1.28. The van der Waals surface area contributed by atoms with E-state index >= 15 is 0 Å².